The van der Waals surface area contributed by atoms with Crippen LogP contribution in [0.5, 0.6) is 0 Å². The van der Waals surface area contributed by atoms with Gasteiger partial charge < -0.3 is 35.1 Å². The number of esters is 3. The number of aromatic amines is 1. The van der Waals surface area contributed by atoms with Crippen LogP contribution < -0.4 is 16.0 Å². The molecule has 4 rings (SSSR count). The predicted molar refractivity (Wildman–Crippen MR) is 171 cm³/mol. The number of aryl methyl sites for hydroxylation is 1. The van der Waals surface area contributed by atoms with Crippen molar-refractivity contribution in [2.75, 3.05) is 26.6 Å². The fourth-order valence-electron chi connectivity index (χ4n) is 5.29. The topological polar surface area (TPSA) is 182 Å². The van der Waals surface area contributed by atoms with Gasteiger partial charge in [-0.05, 0) is 55.7 Å². The molecule has 47 heavy (non-hydrogen) atoms. The zero-order valence-electron chi connectivity index (χ0n) is 26.6. The minimum absolute atomic E-state index is 0.0325. The van der Waals surface area contributed by atoms with Crippen molar-refractivity contribution in [1.82, 2.24) is 15.6 Å². The summed E-state index contributed by atoms with van der Waals surface area (Å²) in [5.74, 6) is -3.39. The number of H-pyrrole nitrogens is 1. The molecule has 0 radical (unpaired) electrons. The van der Waals surface area contributed by atoms with Crippen molar-refractivity contribution in [3.8, 4) is 0 Å². The molecule has 1 aliphatic heterocycles. The van der Waals surface area contributed by atoms with Gasteiger partial charge in [0.15, 0.2) is 0 Å². The number of hydrogen-bond donors (Lipinski definition) is 4. The highest BCUT2D eigenvalue weighted by Gasteiger charge is 2.29. The maximum atomic E-state index is 13.5. The fourth-order valence-corrected chi connectivity index (χ4v) is 5.29. The van der Waals surface area contributed by atoms with E-state index in [0.717, 1.165) is 5.56 Å². The molecule has 0 saturated carbocycles. The van der Waals surface area contributed by atoms with E-state index in [9.17, 15) is 28.8 Å². The minimum atomic E-state index is -1.10. The van der Waals surface area contributed by atoms with Gasteiger partial charge in [0, 0.05) is 41.0 Å². The molecule has 13 heteroatoms. The summed E-state index contributed by atoms with van der Waals surface area (Å²) in [6.07, 6.45) is 1.67. The Morgan fingerprint density at radius 3 is 2.17 bits per heavy atom. The van der Waals surface area contributed by atoms with Crippen molar-refractivity contribution in [2.45, 2.75) is 45.2 Å². The van der Waals surface area contributed by atoms with Crippen molar-refractivity contribution in [3.63, 3.8) is 0 Å². The van der Waals surface area contributed by atoms with Crippen LogP contribution in [0.4, 0.5) is 5.69 Å². The molecule has 0 saturated heterocycles. The van der Waals surface area contributed by atoms with Crippen LogP contribution in [0.3, 0.4) is 0 Å². The van der Waals surface area contributed by atoms with E-state index in [0.29, 0.717) is 33.8 Å². The van der Waals surface area contributed by atoms with Crippen molar-refractivity contribution in [2.24, 2.45) is 0 Å². The van der Waals surface area contributed by atoms with Crippen LogP contribution in [-0.2, 0) is 39.8 Å². The number of amides is 3. The number of fused-ring (bicyclic) bond motifs is 1. The summed E-state index contributed by atoms with van der Waals surface area (Å²) < 4.78 is 14.3. The van der Waals surface area contributed by atoms with Gasteiger partial charge in [0.05, 0.1) is 32.5 Å². The van der Waals surface area contributed by atoms with E-state index in [1.165, 1.54) is 33.5 Å². The number of hydrogen-bond acceptors (Lipinski definition) is 9. The predicted octanol–water partition coefficient (Wildman–Crippen LogP) is 2.86. The summed E-state index contributed by atoms with van der Waals surface area (Å²) in [4.78, 5) is 79.2. The first-order valence-corrected chi connectivity index (χ1v) is 14.7. The Bertz CT molecular complexity index is 1740. The summed E-state index contributed by atoms with van der Waals surface area (Å²) >= 11 is 0. The number of rotatable bonds is 12. The molecule has 3 amide bonds. The molecular formula is C34H36N4O9. The van der Waals surface area contributed by atoms with E-state index in [1.54, 1.807) is 26.0 Å². The third-order valence-corrected chi connectivity index (χ3v) is 7.79. The summed E-state index contributed by atoms with van der Waals surface area (Å²) in [7, 11) is 3.65. The van der Waals surface area contributed by atoms with Crippen molar-refractivity contribution in [1.29, 1.82) is 0 Å². The van der Waals surface area contributed by atoms with E-state index in [-0.39, 0.29) is 30.4 Å². The molecule has 4 N–H and O–H groups in total. The molecule has 1 aliphatic rings. The zero-order valence-corrected chi connectivity index (χ0v) is 26.6. The Morgan fingerprint density at radius 2 is 1.51 bits per heavy atom. The molecule has 0 aliphatic carbocycles. The highest BCUT2D eigenvalue weighted by molar-refractivity contribution is 6.35. The van der Waals surface area contributed by atoms with Crippen LogP contribution in [0.25, 0.3) is 11.6 Å². The lowest BCUT2D eigenvalue weighted by atomic mass is 10.0. The lowest BCUT2D eigenvalue weighted by Crippen LogP contribution is -2.43. The van der Waals surface area contributed by atoms with Gasteiger partial charge in [0.25, 0.3) is 17.7 Å². The number of methoxy groups -OCH3 is 3. The molecule has 3 aromatic rings. The second kappa shape index (κ2) is 15.0. The lowest BCUT2D eigenvalue weighted by molar-refractivity contribution is -0.145. The van der Waals surface area contributed by atoms with Crippen LogP contribution in [0.1, 0.15) is 61.6 Å². The number of benzene rings is 2. The first-order chi connectivity index (χ1) is 22.5. The molecule has 0 fully saturated rings. The van der Waals surface area contributed by atoms with E-state index in [4.69, 9.17) is 9.47 Å². The maximum absolute atomic E-state index is 13.5. The smallest absolute Gasteiger partial charge is 0.328 e. The number of aromatic nitrogens is 1. The van der Waals surface area contributed by atoms with Crippen LogP contribution in [0.2, 0.25) is 0 Å². The van der Waals surface area contributed by atoms with Crippen LogP contribution >= 0.6 is 0 Å². The van der Waals surface area contributed by atoms with Crippen LogP contribution in [-0.4, -0.2) is 74.0 Å². The Kier molecular flexibility index (Phi) is 10.9. The molecule has 0 unspecified atom stereocenters. The Labute approximate surface area is 271 Å². The molecule has 1 aromatic heterocycles. The number of carbonyl (C=O) groups excluding carboxylic acids is 6. The number of ether oxygens (including phenoxy) is 3. The molecular weight excluding hydrogens is 608 g/mol. The van der Waals surface area contributed by atoms with Gasteiger partial charge >= 0.3 is 17.9 Å². The molecule has 2 atom stereocenters. The van der Waals surface area contributed by atoms with Gasteiger partial charge in [0.2, 0.25) is 0 Å². The van der Waals surface area contributed by atoms with E-state index >= 15 is 0 Å². The number of carbonyl (C=O) groups is 6. The normalized spacial score (nSPS) is 14.0. The summed E-state index contributed by atoms with van der Waals surface area (Å²) in [6.45, 7) is 3.42. The average Bonchev–Trinajstić information content (AvgIpc) is 3.54. The third-order valence-electron chi connectivity index (χ3n) is 7.79. The monoisotopic (exact) mass is 644 g/mol. The molecule has 13 nitrogen and oxygen atoms in total. The van der Waals surface area contributed by atoms with Gasteiger partial charge in [-0.2, -0.15) is 0 Å². The highest BCUT2D eigenvalue weighted by Crippen LogP contribution is 2.35. The Morgan fingerprint density at radius 1 is 0.851 bits per heavy atom. The second-order valence-corrected chi connectivity index (χ2v) is 10.8. The fraction of sp³-hybridized carbons (Fsp3) is 0.294. The van der Waals surface area contributed by atoms with Crippen molar-refractivity contribution >= 4 is 53.0 Å². The summed E-state index contributed by atoms with van der Waals surface area (Å²) in [6, 6.07) is 11.8. The first kappa shape index (κ1) is 34.2. The average molecular weight is 645 g/mol. The first-order valence-electron chi connectivity index (χ1n) is 14.7. The minimum Gasteiger partial charge on any atom is -0.469 e. The van der Waals surface area contributed by atoms with Gasteiger partial charge in [0.1, 0.15) is 12.1 Å². The van der Waals surface area contributed by atoms with E-state index in [2.05, 4.69) is 25.7 Å². The summed E-state index contributed by atoms with van der Waals surface area (Å²) in [5.41, 5.74) is 3.98. The maximum Gasteiger partial charge on any atom is 0.328 e. The third kappa shape index (κ3) is 7.93. The zero-order chi connectivity index (χ0) is 34.2. The van der Waals surface area contributed by atoms with Gasteiger partial charge in [-0.25, -0.2) is 9.59 Å². The molecule has 246 valence electrons. The van der Waals surface area contributed by atoms with Crippen molar-refractivity contribution in [3.05, 3.63) is 87.7 Å². The molecule has 0 spiro atoms. The number of nitrogens with one attached hydrogen (secondary N) is 4. The Balaban J connectivity index is 1.58. The van der Waals surface area contributed by atoms with E-state index < -0.39 is 47.7 Å². The van der Waals surface area contributed by atoms with Gasteiger partial charge in [-0.1, -0.05) is 30.3 Å². The highest BCUT2D eigenvalue weighted by atomic mass is 16.5. The quantitative estimate of drug-likeness (QED) is 0.131. The second-order valence-electron chi connectivity index (χ2n) is 10.8. The lowest BCUT2D eigenvalue weighted by Gasteiger charge is -2.17. The number of anilines is 1. The Hall–Kier alpha value is -5.72. The molecule has 2 heterocycles. The van der Waals surface area contributed by atoms with E-state index in [1.807, 2.05) is 30.3 Å². The van der Waals surface area contributed by atoms with Gasteiger partial charge in [-0.3, -0.25) is 19.2 Å². The molecule has 2 aromatic carbocycles. The SMILES string of the molecule is COC(=O)CC[C@@H](NC(=O)c1ccc2c(c1)/C(=C/c1[nH]c(C)c(C(=O)N[C@H](Cc3ccccc3)C(=O)OC)c1C)C(=O)N2)C(=O)OC. The standard InChI is InChI=1S/C34H36N4O9/c1-18-26(35-19(2)29(18)32(42)38-27(34(44)47-5)15-20-9-7-6-8-10-20)17-23-22-16-21(11-12-24(22)36-31(23)41)30(40)37-25(33(43)46-4)13-14-28(39)45-3/h6-12,16-17,25,27,35H,13-15H2,1-5H3,(H,36,41)(H,37,40)(H,38,42)/b23-17-/t25-,27-/m1/s1. The van der Waals surface area contributed by atoms with Crippen LogP contribution in [0, 0.1) is 13.8 Å². The van der Waals surface area contributed by atoms with Crippen molar-refractivity contribution < 1.29 is 43.0 Å². The van der Waals surface area contributed by atoms with Crippen LogP contribution in [0.15, 0.2) is 48.5 Å². The summed E-state index contributed by atoms with van der Waals surface area (Å²) in [5, 5.41) is 8.12. The van der Waals surface area contributed by atoms with Gasteiger partial charge in [-0.15, -0.1) is 0 Å². The molecule has 0 bridgehead atoms. The largest absolute Gasteiger partial charge is 0.469 e.